The van der Waals surface area contributed by atoms with Crippen LogP contribution in [0.25, 0.3) is 10.9 Å². The molecule has 1 amide bonds. The summed E-state index contributed by atoms with van der Waals surface area (Å²) in [6, 6.07) is 20.3. The molecule has 42 heavy (non-hydrogen) atoms. The lowest BCUT2D eigenvalue weighted by Gasteiger charge is -2.27. The Labute approximate surface area is 245 Å². The predicted octanol–water partition coefficient (Wildman–Crippen LogP) is 5.54. The molecule has 1 saturated carbocycles. The second-order valence-electron chi connectivity index (χ2n) is 10.7. The molecule has 0 aliphatic heterocycles. The molecule has 0 atom stereocenters. The van der Waals surface area contributed by atoms with Gasteiger partial charge in [-0.25, -0.2) is 13.2 Å². The first-order chi connectivity index (χ1) is 20.1. The number of phenols is 1. The Morgan fingerprint density at radius 3 is 2.36 bits per heavy atom. The number of hydrogen-bond acceptors (Lipinski definition) is 6. The second-order valence-corrected chi connectivity index (χ2v) is 12.7. The van der Waals surface area contributed by atoms with Crippen molar-refractivity contribution in [3.05, 3.63) is 95.7 Å². The number of para-hydroxylation sites is 1. The quantitative estimate of drug-likeness (QED) is 0.263. The number of hydrogen-bond donors (Lipinski definition) is 2. The molecule has 2 N–H and O–H groups in total. The summed E-state index contributed by atoms with van der Waals surface area (Å²) in [6.45, 7) is -0.396. The summed E-state index contributed by atoms with van der Waals surface area (Å²) in [4.78, 5) is 30.8. The van der Waals surface area contributed by atoms with Crippen molar-refractivity contribution in [3.8, 4) is 5.75 Å². The Balaban J connectivity index is 1.43. The summed E-state index contributed by atoms with van der Waals surface area (Å²) in [7, 11) is -2.77. The molecular formula is C32H33N3O6S. The van der Waals surface area contributed by atoms with E-state index < -0.39 is 34.2 Å². The number of sulfonamides is 1. The van der Waals surface area contributed by atoms with Gasteiger partial charge in [0.15, 0.2) is 0 Å². The van der Waals surface area contributed by atoms with Crippen molar-refractivity contribution in [2.75, 3.05) is 18.5 Å². The maximum absolute atomic E-state index is 13.8. The van der Waals surface area contributed by atoms with E-state index >= 15 is 0 Å². The van der Waals surface area contributed by atoms with E-state index in [1.54, 1.807) is 24.3 Å². The molecule has 5 rings (SSSR count). The number of aromatic nitrogens is 1. The van der Waals surface area contributed by atoms with Crippen molar-refractivity contribution in [1.29, 1.82) is 0 Å². The number of pyridine rings is 1. The Morgan fingerprint density at radius 1 is 0.952 bits per heavy atom. The van der Waals surface area contributed by atoms with E-state index in [-0.39, 0.29) is 22.7 Å². The fraction of sp³-hybridized carbons (Fsp3) is 0.281. The number of anilines is 1. The van der Waals surface area contributed by atoms with Crippen LogP contribution < -0.4 is 4.90 Å². The highest BCUT2D eigenvalue weighted by Crippen LogP contribution is 2.33. The van der Waals surface area contributed by atoms with Gasteiger partial charge < -0.3 is 15.1 Å². The van der Waals surface area contributed by atoms with Gasteiger partial charge in [-0.3, -0.25) is 9.78 Å². The van der Waals surface area contributed by atoms with Gasteiger partial charge in [0, 0.05) is 30.4 Å². The molecule has 1 aromatic heterocycles. The first-order valence-corrected chi connectivity index (χ1v) is 15.3. The third-order valence-electron chi connectivity index (χ3n) is 7.86. The fourth-order valence-corrected chi connectivity index (χ4v) is 6.80. The van der Waals surface area contributed by atoms with E-state index in [1.165, 1.54) is 67.2 Å². The standard InChI is InChI=1S/C32H33N3O6S/c1-34(42(40,41)29-11-5-9-25-10-6-18-33-31(25)29)21-30(37)35(26-16-17-27(32(38)39)28(36)19-26)20-22-12-14-24(15-13-22)23-7-3-2-4-8-23/h5-6,9-19,23,36H,2-4,7-8,20-21H2,1H3,(H,38,39). The van der Waals surface area contributed by atoms with Crippen molar-refractivity contribution in [3.63, 3.8) is 0 Å². The maximum atomic E-state index is 13.8. The van der Waals surface area contributed by atoms with E-state index in [2.05, 4.69) is 17.1 Å². The normalized spacial score (nSPS) is 14.2. The minimum absolute atomic E-state index is 0.00999. The Kier molecular flexibility index (Phi) is 8.56. The van der Waals surface area contributed by atoms with E-state index in [0.29, 0.717) is 16.8 Å². The number of aromatic carboxylic acids is 1. The topological polar surface area (TPSA) is 128 Å². The first-order valence-electron chi connectivity index (χ1n) is 13.9. The van der Waals surface area contributed by atoms with Crippen LogP contribution in [0.2, 0.25) is 0 Å². The van der Waals surface area contributed by atoms with Gasteiger partial charge in [0.1, 0.15) is 16.2 Å². The van der Waals surface area contributed by atoms with Crippen LogP contribution in [0.3, 0.4) is 0 Å². The molecule has 1 heterocycles. The number of fused-ring (bicyclic) bond motifs is 1. The van der Waals surface area contributed by atoms with E-state index in [9.17, 15) is 28.2 Å². The summed E-state index contributed by atoms with van der Waals surface area (Å²) in [6.07, 6.45) is 7.53. The number of nitrogens with zero attached hydrogens (tertiary/aromatic N) is 3. The molecule has 3 aromatic carbocycles. The van der Waals surface area contributed by atoms with Crippen LogP contribution in [-0.2, 0) is 21.4 Å². The van der Waals surface area contributed by atoms with Crippen LogP contribution >= 0.6 is 0 Å². The highest BCUT2D eigenvalue weighted by atomic mass is 32.2. The molecule has 10 heteroatoms. The van der Waals surface area contributed by atoms with Crippen LogP contribution in [-0.4, -0.2) is 53.4 Å². The number of aromatic hydroxyl groups is 1. The zero-order chi connectivity index (χ0) is 29.9. The summed E-state index contributed by atoms with van der Waals surface area (Å²) < 4.78 is 28.1. The predicted molar refractivity (Wildman–Crippen MR) is 160 cm³/mol. The monoisotopic (exact) mass is 587 g/mol. The van der Waals surface area contributed by atoms with E-state index in [0.717, 1.165) is 22.7 Å². The van der Waals surface area contributed by atoms with E-state index in [4.69, 9.17) is 0 Å². The largest absolute Gasteiger partial charge is 0.507 e. The molecule has 4 aromatic rings. The lowest BCUT2D eigenvalue weighted by atomic mass is 9.84. The smallest absolute Gasteiger partial charge is 0.339 e. The number of carboxylic acid groups (broad SMARTS) is 1. The van der Waals surface area contributed by atoms with Crippen LogP contribution in [0.5, 0.6) is 5.75 Å². The first kappa shape index (κ1) is 29.2. The van der Waals surface area contributed by atoms with Crippen molar-refractivity contribution in [2.24, 2.45) is 0 Å². The molecule has 218 valence electrons. The number of amides is 1. The summed E-state index contributed by atoms with van der Waals surface area (Å²) in [5.74, 6) is -1.82. The third kappa shape index (κ3) is 6.14. The maximum Gasteiger partial charge on any atom is 0.339 e. The molecule has 1 fully saturated rings. The molecular weight excluding hydrogens is 554 g/mol. The fourth-order valence-electron chi connectivity index (χ4n) is 5.52. The zero-order valence-corrected chi connectivity index (χ0v) is 24.1. The molecule has 0 bridgehead atoms. The van der Waals surface area contributed by atoms with Crippen molar-refractivity contribution >= 4 is 38.5 Å². The molecule has 1 aliphatic rings. The Hall–Kier alpha value is -4.28. The molecule has 0 unspecified atom stereocenters. The minimum Gasteiger partial charge on any atom is -0.507 e. The molecule has 1 aliphatic carbocycles. The van der Waals surface area contributed by atoms with Gasteiger partial charge in [-0.1, -0.05) is 61.7 Å². The van der Waals surface area contributed by atoms with Crippen molar-refractivity contribution < 1.29 is 28.2 Å². The summed E-state index contributed by atoms with van der Waals surface area (Å²) >= 11 is 0. The van der Waals surface area contributed by atoms with Crippen LogP contribution in [0.1, 0.15) is 59.5 Å². The molecule has 0 radical (unpaired) electrons. The van der Waals surface area contributed by atoms with Crippen LogP contribution in [0.15, 0.2) is 83.9 Å². The van der Waals surface area contributed by atoms with Gasteiger partial charge in [-0.15, -0.1) is 0 Å². The van der Waals surface area contributed by atoms with Gasteiger partial charge in [-0.2, -0.15) is 4.31 Å². The SMILES string of the molecule is CN(CC(=O)N(Cc1ccc(C2CCCCC2)cc1)c1ccc(C(=O)O)c(O)c1)S(=O)(=O)c1cccc2cccnc12. The number of carboxylic acids is 1. The van der Waals surface area contributed by atoms with Crippen molar-refractivity contribution in [2.45, 2.75) is 49.5 Å². The van der Waals surface area contributed by atoms with Gasteiger partial charge in [0.05, 0.1) is 18.6 Å². The lowest BCUT2D eigenvalue weighted by molar-refractivity contribution is -0.118. The Bertz CT molecular complexity index is 1710. The van der Waals surface area contributed by atoms with Crippen molar-refractivity contribution in [1.82, 2.24) is 9.29 Å². The zero-order valence-electron chi connectivity index (χ0n) is 23.3. The molecule has 0 saturated heterocycles. The number of carbonyl (C=O) groups is 2. The highest BCUT2D eigenvalue weighted by molar-refractivity contribution is 7.89. The van der Waals surface area contributed by atoms with Gasteiger partial charge in [-0.05, 0) is 54.2 Å². The summed E-state index contributed by atoms with van der Waals surface area (Å²) in [5.41, 5.74) is 2.33. The lowest BCUT2D eigenvalue weighted by Crippen LogP contribution is -2.41. The summed E-state index contributed by atoms with van der Waals surface area (Å²) in [5, 5.41) is 20.4. The average Bonchev–Trinajstić information content (AvgIpc) is 3.00. The van der Waals surface area contributed by atoms with Gasteiger partial charge in [0.2, 0.25) is 15.9 Å². The number of benzene rings is 3. The van der Waals surface area contributed by atoms with Crippen LogP contribution in [0, 0.1) is 0 Å². The molecule has 9 nitrogen and oxygen atoms in total. The molecule has 0 spiro atoms. The Morgan fingerprint density at radius 2 is 1.67 bits per heavy atom. The van der Waals surface area contributed by atoms with Crippen LogP contribution in [0.4, 0.5) is 5.69 Å². The minimum atomic E-state index is -4.10. The number of rotatable bonds is 9. The number of likely N-dealkylation sites (N-methyl/N-ethyl adjacent to an activating group) is 1. The number of carbonyl (C=O) groups excluding carboxylic acids is 1. The third-order valence-corrected chi connectivity index (χ3v) is 9.70. The highest BCUT2D eigenvalue weighted by Gasteiger charge is 2.28. The van der Waals surface area contributed by atoms with Gasteiger partial charge >= 0.3 is 5.97 Å². The average molecular weight is 588 g/mol. The second kappa shape index (κ2) is 12.3. The van der Waals surface area contributed by atoms with Gasteiger partial charge in [0.25, 0.3) is 0 Å². The van der Waals surface area contributed by atoms with E-state index in [1.807, 2.05) is 12.1 Å².